The van der Waals surface area contributed by atoms with Gasteiger partial charge in [-0.3, -0.25) is 4.98 Å². The monoisotopic (exact) mass is 688 g/mol. The van der Waals surface area contributed by atoms with E-state index in [1.165, 1.54) is 27.8 Å². The summed E-state index contributed by atoms with van der Waals surface area (Å²) in [5.41, 5.74) is 16.5. The molecule has 0 atom stereocenters. The molecule has 0 radical (unpaired) electrons. The van der Waals surface area contributed by atoms with Crippen LogP contribution < -0.4 is 9.97 Å². The number of hydrogen-bond donors (Lipinski definition) is 0. The summed E-state index contributed by atoms with van der Waals surface area (Å²) in [6.07, 6.45) is 5.03. The molecular formula is C38H33BrN4Zn. The van der Waals surface area contributed by atoms with Crippen LogP contribution in [0.15, 0.2) is 71.2 Å². The van der Waals surface area contributed by atoms with Crippen LogP contribution >= 0.6 is 15.9 Å². The van der Waals surface area contributed by atoms with Gasteiger partial charge < -0.3 is 9.97 Å². The standard InChI is InChI=1S/C38H33BrN4.Zn/c1-21-7-9-25(10-8-21)36-29-12-11-26(40-29)18-34-38(5,6)20-27(41-34)17-32-28(39)19-33(43-32)37(31-14-13-30(36)42-31)35-23(3)15-22(2)16-24(35)4;/h7-19H,20H2,1-6H3;/q-2;+2. The first-order valence-corrected chi connectivity index (χ1v) is 15.5. The molecule has 214 valence electrons. The second-order valence-corrected chi connectivity index (χ2v) is 13.4. The van der Waals surface area contributed by atoms with Crippen LogP contribution in [0, 0.1) is 27.7 Å². The van der Waals surface area contributed by atoms with Crippen molar-refractivity contribution in [1.82, 2.24) is 19.9 Å². The average molecular weight is 691 g/mol. The molecule has 2 aliphatic rings. The van der Waals surface area contributed by atoms with Gasteiger partial charge >= 0.3 is 19.5 Å². The van der Waals surface area contributed by atoms with Gasteiger partial charge in [0.25, 0.3) is 0 Å². The van der Waals surface area contributed by atoms with Crippen molar-refractivity contribution in [2.45, 2.75) is 53.4 Å². The van der Waals surface area contributed by atoms with Gasteiger partial charge in [-0.25, -0.2) is 4.98 Å². The molecule has 3 aromatic heterocycles. The zero-order valence-electron chi connectivity index (χ0n) is 26.1. The Hall–Kier alpha value is -3.60. The summed E-state index contributed by atoms with van der Waals surface area (Å²) in [5, 5.41) is 0. The molecule has 8 bridgehead atoms. The Morgan fingerprint density at radius 1 is 0.659 bits per heavy atom. The minimum absolute atomic E-state index is 0. The summed E-state index contributed by atoms with van der Waals surface area (Å²) < 4.78 is 0.949. The van der Waals surface area contributed by atoms with Crippen LogP contribution in [0.2, 0.25) is 0 Å². The van der Waals surface area contributed by atoms with Crippen molar-refractivity contribution >= 4 is 50.1 Å². The molecule has 5 heterocycles. The van der Waals surface area contributed by atoms with E-state index in [-0.39, 0.29) is 24.9 Å². The number of aromatic nitrogens is 4. The molecule has 2 aliphatic heterocycles. The topological polar surface area (TPSA) is 54.0 Å². The van der Waals surface area contributed by atoms with Crippen LogP contribution in [0.3, 0.4) is 0 Å². The number of fused-ring (bicyclic) bond motifs is 8. The molecule has 0 spiro atoms. The number of rotatable bonds is 2. The van der Waals surface area contributed by atoms with Crippen LogP contribution in [0.25, 0.3) is 56.5 Å². The quantitative estimate of drug-likeness (QED) is 0.170. The van der Waals surface area contributed by atoms with Crippen LogP contribution in [-0.4, -0.2) is 9.97 Å². The summed E-state index contributed by atoms with van der Waals surface area (Å²) in [6.45, 7) is 13.1. The molecule has 0 aliphatic carbocycles. The summed E-state index contributed by atoms with van der Waals surface area (Å²) in [5.74, 6) is 0. The first-order chi connectivity index (χ1) is 20.6. The van der Waals surface area contributed by atoms with Crippen molar-refractivity contribution in [3.63, 3.8) is 0 Å². The molecule has 6 heteroatoms. The SMILES string of the molecule is Cc1ccc(-c2c3nc(cc4nc(cc5[n-]c(cc5Br)c(-c5c(C)cc(C)cc5C)c5ccc2[n-]5)CC4(C)C)C=C3)cc1.[Zn+2]. The zero-order chi connectivity index (χ0) is 30.0. The van der Waals surface area contributed by atoms with Gasteiger partial charge in [0.15, 0.2) is 0 Å². The maximum absolute atomic E-state index is 5.32. The predicted molar refractivity (Wildman–Crippen MR) is 182 cm³/mol. The molecule has 2 aromatic carbocycles. The van der Waals surface area contributed by atoms with E-state index in [4.69, 9.17) is 19.9 Å². The zero-order valence-corrected chi connectivity index (χ0v) is 30.6. The van der Waals surface area contributed by atoms with Gasteiger partial charge in [0.1, 0.15) is 0 Å². The van der Waals surface area contributed by atoms with Crippen molar-refractivity contribution in [3.05, 3.63) is 116 Å². The van der Waals surface area contributed by atoms with E-state index in [1.54, 1.807) is 0 Å². The number of halogens is 1. The number of benzene rings is 2. The van der Waals surface area contributed by atoms with Gasteiger partial charge in [0.2, 0.25) is 0 Å². The second kappa shape index (κ2) is 11.4. The molecule has 7 rings (SSSR count). The smallest absolute Gasteiger partial charge is 0.657 e. The summed E-state index contributed by atoms with van der Waals surface area (Å²) in [6, 6.07) is 23.7. The van der Waals surface area contributed by atoms with Crippen LogP contribution in [0.4, 0.5) is 0 Å². The average Bonchev–Trinajstić information content (AvgIpc) is 3.72. The minimum Gasteiger partial charge on any atom is -0.657 e. The normalized spacial score (nSPS) is 13.6. The number of nitrogens with zero attached hydrogens (tertiary/aromatic N) is 4. The molecule has 0 fully saturated rings. The Morgan fingerprint density at radius 2 is 1.32 bits per heavy atom. The van der Waals surface area contributed by atoms with E-state index in [1.807, 2.05) is 0 Å². The number of hydrogen-bond acceptors (Lipinski definition) is 2. The minimum atomic E-state index is -0.112. The summed E-state index contributed by atoms with van der Waals surface area (Å²) in [4.78, 5) is 20.7. The van der Waals surface area contributed by atoms with Crippen molar-refractivity contribution in [2.24, 2.45) is 0 Å². The Labute approximate surface area is 280 Å². The Bertz CT molecular complexity index is 2110. The fourth-order valence-electron chi connectivity index (χ4n) is 6.48. The third-order valence-electron chi connectivity index (χ3n) is 8.51. The van der Waals surface area contributed by atoms with Crippen molar-refractivity contribution in [1.29, 1.82) is 0 Å². The molecule has 0 saturated carbocycles. The number of aryl methyl sites for hydroxylation is 4. The van der Waals surface area contributed by atoms with Crippen LogP contribution in [-0.2, 0) is 31.3 Å². The van der Waals surface area contributed by atoms with Crippen molar-refractivity contribution in [2.75, 3.05) is 0 Å². The molecule has 0 unspecified atom stereocenters. The molecule has 0 N–H and O–H groups in total. The van der Waals surface area contributed by atoms with Gasteiger partial charge in [-0.1, -0.05) is 102 Å². The van der Waals surface area contributed by atoms with Crippen molar-refractivity contribution in [3.8, 4) is 22.3 Å². The van der Waals surface area contributed by atoms with E-state index in [9.17, 15) is 0 Å². The third-order valence-corrected chi connectivity index (χ3v) is 9.15. The Kier molecular flexibility index (Phi) is 7.88. The Morgan fingerprint density at radius 3 is 2.02 bits per heavy atom. The molecule has 5 aromatic rings. The molecule has 4 nitrogen and oxygen atoms in total. The van der Waals surface area contributed by atoms with E-state index >= 15 is 0 Å². The molecule has 44 heavy (non-hydrogen) atoms. The first-order valence-electron chi connectivity index (χ1n) is 14.7. The van der Waals surface area contributed by atoms with Gasteiger partial charge in [0, 0.05) is 27.7 Å². The van der Waals surface area contributed by atoms with Gasteiger partial charge in [-0.2, -0.15) is 0 Å². The molecule has 0 saturated heterocycles. The first kappa shape index (κ1) is 30.4. The fraction of sp³-hybridized carbons (Fsp3) is 0.211. The molecule has 0 amide bonds. The maximum atomic E-state index is 5.32. The fourth-order valence-corrected chi connectivity index (χ4v) is 6.90. The van der Waals surface area contributed by atoms with E-state index in [2.05, 4.69) is 136 Å². The van der Waals surface area contributed by atoms with E-state index in [0.29, 0.717) is 0 Å². The van der Waals surface area contributed by atoms with E-state index in [0.717, 1.165) is 72.4 Å². The second-order valence-electron chi connectivity index (χ2n) is 12.6. The molecular weight excluding hydrogens is 658 g/mol. The summed E-state index contributed by atoms with van der Waals surface area (Å²) >= 11 is 3.83. The van der Waals surface area contributed by atoms with Crippen LogP contribution in [0.1, 0.15) is 58.9 Å². The van der Waals surface area contributed by atoms with Crippen LogP contribution in [0.5, 0.6) is 0 Å². The largest absolute Gasteiger partial charge is 2.00 e. The van der Waals surface area contributed by atoms with Gasteiger partial charge in [0.05, 0.1) is 11.4 Å². The third kappa shape index (κ3) is 5.44. The summed E-state index contributed by atoms with van der Waals surface area (Å²) in [7, 11) is 0. The maximum Gasteiger partial charge on any atom is 2.00 e. The van der Waals surface area contributed by atoms with Gasteiger partial charge in [-0.15, -0.1) is 22.1 Å². The van der Waals surface area contributed by atoms with Crippen molar-refractivity contribution < 1.29 is 19.5 Å². The predicted octanol–water partition coefficient (Wildman–Crippen LogP) is 9.59. The van der Waals surface area contributed by atoms with Gasteiger partial charge in [-0.05, 0) is 79.3 Å². The van der Waals surface area contributed by atoms with E-state index < -0.39 is 0 Å². The Balaban J connectivity index is 0.00000343.